The number of hydrogen-bond acceptors (Lipinski definition) is 5. The van der Waals surface area contributed by atoms with Crippen LogP contribution in [0.5, 0.6) is 11.5 Å². The maximum atomic E-state index is 12.5. The van der Waals surface area contributed by atoms with Crippen LogP contribution >= 0.6 is 11.6 Å². The van der Waals surface area contributed by atoms with Gasteiger partial charge in [-0.3, -0.25) is 4.79 Å². The minimum Gasteiger partial charge on any atom is -0.492 e. The van der Waals surface area contributed by atoms with Gasteiger partial charge in [-0.15, -0.1) is 0 Å². The quantitative estimate of drug-likeness (QED) is 0.619. The van der Waals surface area contributed by atoms with E-state index in [0.29, 0.717) is 48.6 Å². The molecule has 6 nitrogen and oxygen atoms in total. The number of halogens is 1. The van der Waals surface area contributed by atoms with Gasteiger partial charge in [0.25, 0.3) is 0 Å². The first-order chi connectivity index (χ1) is 14.6. The molecule has 0 aromatic heterocycles. The van der Waals surface area contributed by atoms with Crippen molar-refractivity contribution in [1.29, 1.82) is 0 Å². The number of hydrogen-bond donors (Lipinski definition) is 1. The number of nitrogens with one attached hydrogen (secondary N) is 1. The topological polar surface area (TPSA) is 60.0 Å². The molecule has 30 heavy (non-hydrogen) atoms. The molecular formula is C23H27ClN2O4. The SMILES string of the molecule is CCOc1cc(N2CCOCC2)c(OCC)cc1NC(=O)/C=C/c1ccc(Cl)cc1. The third-order valence-electron chi connectivity index (χ3n) is 4.57. The monoisotopic (exact) mass is 430 g/mol. The Morgan fingerprint density at radius 3 is 2.43 bits per heavy atom. The van der Waals surface area contributed by atoms with E-state index in [4.69, 9.17) is 25.8 Å². The molecule has 1 amide bonds. The zero-order valence-electron chi connectivity index (χ0n) is 17.3. The number of ether oxygens (including phenoxy) is 3. The number of nitrogens with zero attached hydrogens (tertiary/aromatic N) is 1. The van der Waals surface area contributed by atoms with Gasteiger partial charge < -0.3 is 24.4 Å². The summed E-state index contributed by atoms with van der Waals surface area (Å²) in [5, 5.41) is 3.56. The number of amides is 1. The van der Waals surface area contributed by atoms with Crippen LogP contribution in [0.4, 0.5) is 11.4 Å². The van der Waals surface area contributed by atoms with E-state index in [1.54, 1.807) is 18.2 Å². The van der Waals surface area contributed by atoms with E-state index in [1.165, 1.54) is 6.08 Å². The van der Waals surface area contributed by atoms with Crippen LogP contribution < -0.4 is 19.7 Å². The Kier molecular flexibility index (Phi) is 7.99. The van der Waals surface area contributed by atoms with Crippen molar-refractivity contribution in [3.05, 3.63) is 53.1 Å². The number of rotatable bonds is 8. The van der Waals surface area contributed by atoms with Crippen molar-refractivity contribution in [1.82, 2.24) is 0 Å². The van der Waals surface area contributed by atoms with Crippen molar-refractivity contribution >= 4 is 35.0 Å². The molecule has 1 aliphatic heterocycles. The van der Waals surface area contributed by atoms with E-state index in [1.807, 2.05) is 38.1 Å². The second kappa shape index (κ2) is 10.9. The first-order valence-electron chi connectivity index (χ1n) is 10.1. The summed E-state index contributed by atoms with van der Waals surface area (Å²) >= 11 is 5.90. The summed E-state index contributed by atoms with van der Waals surface area (Å²) in [6, 6.07) is 11.0. The Bertz CT molecular complexity index is 878. The molecule has 1 N–H and O–H groups in total. The van der Waals surface area contributed by atoms with Crippen molar-refractivity contribution < 1.29 is 19.0 Å². The van der Waals surface area contributed by atoms with Gasteiger partial charge in [0.2, 0.25) is 5.91 Å². The van der Waals surface area contributed by atoms with E-state index >= 15 is 0 Å². The summed E-state index contributed by atoms with van der Waals surface area (Å²) in [7, 11) is 0. The summed E-state index contributed by atoms with van der Waals surface area (Å²) in [6.45, 7) is 7.76. The molecule has 1 fully saturated rings. The van der Waals surface area contributed by atoms with Gasteiger partial charge in [0, 0.05) is 36.3 Å². The molecule has 0 aliphatic carbocycles. The van der Waals surface area contributed by atoms with Crippen LogP contribution in [0.2, 0.25) is 5.02 Å². The highest BCUT2D eigenvalue weighted by atomic mass is 35.5. The van der Waals surface area contributed by atoms with Crippen molar-refractivity contribution in [3.8, 4) is 11.5 Å². The third kappa shape index (κ3) is 5.90. The van der Waals surface area contributed by atoms with Gasteiger partial charge in [-0.1, -0.05) is 23.7 Å². The van der Waals surface area contributed by atoms with Gasteiger partial charge in [-0.05, 0) is 37.6 Å². The molecule has 0 spiro atoms. The summed E-state index contributed by atoms with van der Waals surface area (Å²) in [5.74, 6) is 1.06. The van der Waals surface area contributed by atoms with E-state index in [2.05, 4.69) is 10.2 Å². The second-order valence-electron chi connectivity index (χ2n) is 6.66. The molecule has 2 aromatic rings. The maximum absolute atomic E-state index is 12.5. The van der Waals surface area contributed by atoms with Crippen molar-refractivity contribution in [3.63, 3.8) is 0 Å². The first kappa shape index (κ1) is 22.0. The Hall–Kier alpha value is -2.70. The minimum atomic E-state index is -0.257. The highest BCUT2D eigenvalue weighted by Gasteiger charge is 2.20. The number of carbonyl (C=O) groups excluding carboxylic acids is 1. The molecule has 160 valence electrons. The lowest BCUT2D eigenvalue weighted by molar-refractivity contribution is -0.111. The fourth-order valence-electron chi connectivity index (χ4n) is 3.16. The van der Waals surface area contributed by atoms with Gasteiger partial charge in [0.1, 0.15) is 11.5 Å². The van der Waals surface area contributed by atoms with Gasteiger partial charge in [0.15, 0.2) is 0 Å². The van der Waals surface area contributed by atoms with Crippen molar-refractivity contribution in [2.45, 2.75) is 13.8 Å². The van der Waals surface area contributed by atoms with Crippen LogP contribution in [0, 0.1) is 0 Å². The molecule has 0 saturated carbocycles. The van der Waals surface area contributed by atoms with E-state index in [0.717, 1.165) is 24.3 Å². The minimum absolute atomic E-state index is 0.257. The fourth-order valence-corrected chi connectivity index (χ4v) is 3.29. The summed E-state index contributed by atoms with van der Waals surface area (Å²) in [5.41, 5.74) is 2.40. The van der Waals surface area contributed by atoms with Crippen LogP contribution in [0.15, 0.2) is 42.5 Å². The molecule has 0 atom stereocenters. The highest BCUT2D eigenvalue weighted by molar-refractivity contribution is 6.30. The van der Waals surface area contributed by atoms with Crippen LogP contribution in [-0.2, 0) is 9.53 Å². The molecule has 0 unspecified atom stereocenters. The molecule has 2 aromatic carbocycles. The predicted octanol–water partition coefficient (Wildman–Crippen LogP) is 4.63. The Morgan fingerprint density at radius 2 is 1.77 bits per heavy atom. The van der Waals surface area contributed by atoms with E-state index in [-0.39, 0.29) is 5.91 Å². The lowest BCUT2D eigenvalue weighted by Crippen LogP contribution is -2.36. The fraction of sp³-hybridized carbons (Fsp3) is 0.348. The van der Waals surface area contributed by atoms with E-state index < -0.39 is 0 Å². The van der Waals surface area contributed by atoms with Crippen LogP contribution in [0.3, 0.4) is 0 Å². The average molecular weight is 431 g/mol. The van der Waals surface area contributed by atoms with Gasteiger partial charge in [-0.25, -0.2) is 0 Å². The lowest BCUT2D eigenvalue weighted by atomic mass is 10.2. The largest absolute Gasteiger partial charge is 0.492 e. The molecular weight excluding hydrogens is 404 g/mol. The van der Waals surface area contributed by atoms with Crippen LogP contribution in [0.25, 0.3) is 6.08 Å². The molecule has 1 heterocycles. The van der Waals surface area contributed by atoms with Gasteiger partial charge in [-0.2, -0.15) is 0 Å². The van der Waals surface area contributed by atoms with Gasteiger partial charge in [0.05, 0.1) is 37.8 Å². The number of anilines is 2. The van der Waals surface area contributed by atoms with Gasteiger partial charge >= 0.3 is 0 Å². The summed E-state index contributed by atoms with van der Waals surface area (Å²) < 4.78 is 17.1. The standard InChI is InChI=1S/C23H27ClN2O4/c1-3-29-21-16-20(26-11-13-28-14-12-26)22(30-4-2)15-19(21)25-23(27)10-7-17-5-8-18(24)9-6-17/h5-10,15-16H,3-4,11-14H2,1-2H3,(H,25,27)/b10-7+. The molecule has 0 bridgehead atoms. The third-order valence-corrected chi connectivity index (χ3v) is 4.82. The maximum Gasteiger partial charge on any atom is 0.248 e. The molecule has 1 aliphatic rings. The predicted molar refractivity (Wildman–Crippen MR) is 121 cm³/mol. The summed E-state index contributed by atoms with van der Waals surface area (Å²) in [4.78, 5) is 14.7. The average Bonchev–Trinajstić information content (AvgIpc) is 2.76. The highest BCUT2D eigenvalue weighted by Crippen LogP contribution is 2.39. The smallest absolute Gasteiger partial charge is 0.248 e. The number of carbonyl (C=O) groups is 1. The van der Waals surface area contributed by atoms with Crippen molar-refractivity contribution in [2.75, 3.05) is 49.7 Å². The first-order valence-corrected chi connectivity index (χ1v) is 10.5. The number of benzene rings is 2. The number of morpholine rings is 1. The van der Waals surface area contributed by atoms with Crippen molar-refractivity contribution in [2.24, 2.45) is 0 Å². The zero-order chi connectivity index (χ0) is 21.3. The Morgan fingerprint density at radius 1 is 1.10 bits per heavy atom. The normalized spacial score (nSPS) is 14.0. The lowest BCUT2D eigenvalue weighted by Gasteiger charge is -2.31. The van der Waals surface area contributed by atoms with Crippen LogP contribution in [-0.4, -0.2) is 45.4 Å². The Balaban J connectivity index is 1.83. The van der Waals surface area contributed by atoms with E-state index in [9.17, 15) is 4.79 Å². The molecule has 0 radical (unpaired) electrons. The zero-order valence-corrected chi connectivity index (χ0v) is 18.1. The van der Waals surface area contributed by atoms with Crippen LogP contribution in [0.1, 0.15) is 19.4 Å². The second-order valence-corrected chi connectivity index (χ2v) is 7.09. The molecule has 3 rings (SSSR count). The molecule has 1 saturated heterocycles. The molecule has 7 heteroatoms. The Labute approximate surface area is 182 Å². The summed E-state index contributed by atoms with van der Waals surface area (Å²) in [6.07, 6.45) is 3.22.